The second-order valence-corrected chi connectivity index (χ2v) is 10.0. The molecule has 2 aromatic carbocycles. The van der Waals surface area contributed by atoms with E-state index in [-0.39, 0.29) is 17.4 Å². The molecule has 4 heterocycles. The molecule has 7 rings (SSSR count). The van der Waals surface area contributed by atoms with E-state index < -0.39 is 5.92 Å². The number of aromatic nitrogens is 4. The maximum absolute atomic E-state index is 13.9. The molecule has 37 heavy (non-hydrogen) atoms. The molecule has 0 saturated heterocycles. The van der Waals surface area contributed by atoms with Crippen LogP contribution < -0.4 is 15.6 Å². The number of carbonyl (C=O) groups excluding carboxylic acids is 1. The Hall–Kier alpha value is -4.50. The van der Waals surface area contributed by atoms with Crippen molar-refractivity contribution < 1.29 is 9.53 Å². The van der Waals surface area contributed by atoms with Crippen molar-refractivity contribution in [3.8, 4) is 28.0 Å². The summed E-state index contributed by atoms with van der Waals surface area (Å²) in [7, 11) is 0. The fraction of sp³-hybridized carbons (Fsp3) is 0.143. The van der Waals surface area contributed by atoms with E-state index in [9.17, 15) is 9.59 Å². The van der Waals surface area contributed by atoms with Crippen LogP contribution in [-0.4, -0.2) is 25.7 Å². The predicted molar refractivity (Wildman–Crippen MR) is 141 cm³/mol. The highest BCUT2D eigenvalue weighted by Crippen LogP contribution is 2.44. The van der Waals surface area contributed by atoms with Crippen LogP contribution in [0.4, 0.5) is 5.82 Å². The van der Waals surface area contributed by atoms with E-state index in [1.165, 1.54) is 4.68 Å². The zero-order valence-electron chi connectivity index (χ0n) is 19.6. The first-order valence-corrected chi connectivity index (χ1v) is 13.0. The Labute approximate surface area is 215 Å². The van der Waals surface area contributed by atoms with Gasteiger partial charge >= 0.3 is 0 Å². The second-order valence-electron chi connectivity index (χ2n) is 9.07. The van der Waals surface area contributed by atoms with E-state index in [4.69, 9.17) is 14.8 Å². The molecule has 0 atom stereocenters. The fourth-order valence-corrected chi connectivity index (χ4v) is 5.78. The number of anilines is 1. The molecule has 5 aromatic rings. The Morgan fingerprint density at radius 2 is 1.78 bits per heavy atom. The molecule has 1 aliphatic carbocycles. The summed E-state index contributed by atoms with van der Waals surface area (Å²) in [5.41, 5.74) is 3.61. The third-order valence-electron chi connectivity index (χ3n) is 6.81. The highest BCUT2D eigenvalue weighted by atomic mass is 32.1. The lowest BCUT2D eigenvalue weighted by Gasteiger charge is -2.27. The van der Waals surface area contributed by atoms with Crippen LogP contribution in [0.25, 0.3) is 16.5 Å². The number of aromatic amines is 1. The fourth-order valence-electron chi connectivity index (χ4n) is 5.10. The summed E-state index contributed by atoms with van der Waals surface area (Å²) in [5, 5.41) is 9.78. The van der Waals surface area contributed by atoms with Gasteiger partial charge in [0.05, 0.1) is 16.5 Å². The summed E-state index contributed by atoms with van der Waals surface area (Å²) >= 11 is 1.55. The molecule has 8 nitrogen and oxygen atoms in total. The quantitative estimate of drug-likeness (QED) is 0.355. The molecular formula is C28H21N5O3S. The molecule has 9 heteroatoms. The van der Waals surface area contributed by atoms with E-state index in [1.54, 1.807) is 11.3 Å². The first-order valence-electron chi connectivity index (χ1n) is 12.1. The lowest BCUT2D eigenvalue weighted by atomic mass is 9.87. The topological polar surface area (TPSA) is 102 Å². The van der Waals surface area contributed by atoms with Crippen molar-refractivity contribution in [1.29, 1.82) is 0 Å². The Balaban J connectivity index is 1.33. The number of nitrogens with one attached hydrogen (secondary N) is 2. The molecule has 2 aliphatic rings. The number of benzene rings is 2. The van der Waals surface area contributed by atoms with Gasteiger partial charge in [-0.15, -0.1) is 11.3 Å². The van der Waals surface area contributed by atoms with Gasteiger partial charge < -0.3 is 10.1 Å². The van der Waals surface area contributed by atoms with Crippen molar-refractivity contribution in [2.24, 2.45) is 0 Å². The molecule has 2 N–H and O–H groups in total. The molecule has 1 aliphatic heterocycles. The average molecular weight is 508 g/mol. The lowest BCUT2D eigenvalue weighted by Crippen LogP contribution is -2.27. The normalized spacial score (nSPS) is 13.9. The first-order chi connectivity index (χ1) is 18.2. The van der Waals surface area contributed by atoms with Crippen LogP contribution in [-0.2, 0) is 17.6 Å². The number of ether oxygens (including phenoxy) is 1. The van der Waals surface area contributed by atoms with E-state index in [1.807, 2.05) is 72.1 Å². The van der Waals surface area contributed by atoms with Crippen LogP contribution in [0.3, 0.4) is 0 Å². The highest BCUT2D eigenvalue weighted by Gasteiger charge is 2.33. The van der Waals surface area contributed by atoms with Gasteiger partial charge in [0.25, 0.3) is 5.56 Å². The summed E-state index contributed by atoms with van der Waals surface area (Å²) in [6.07, 6.45) is 2.38. The molecule has 0 saturated carbocycles. The van der Waals surface area contributed by atoms with Crippen molar-refractivity contribution in [3.63, 3.8) is 0 Å². The van der Waals surface area contributed by atoms with E-state index in [2.05, 4.69) is 10.3 Å². The molecule has 0 radical (unpaired) electrons. The van der Waals surface area contributed by atoms with Crippen LogP contribution >= 0.6 is 11.3 Å². The van der Waals surface area contributed by atoms with Crippen molar-refractivity contribution in [1.82, 2.24) is 19.7 Å². The molecule has 0 spiro atoms. The smallest absolute Gasteiger partial charge is 0.255 e. The van der Waals surface area contributed by atoms with E-state index in [0.29, 0.717) is 23.0 Å². The van der Waals surface area contributed by atoms with Crippen molar-refractivity contribution in [2.75, 3.05) is 5.32 Å². The maximum atomic E-state index is 13.9. The molecule has 3 aromatic heterocycles. The summed E-state index contributed by atoms with van der Waals surface area (Å²) < 4.78 is 7.58. The molecule has 0 bridgehead atoms. The number of nitrogens with zero attached hydrogens (tertiary/aromatic N) is 3. The van der Waals surface area contributed by atoms with E-state index in [0.717, 1.165) is 46.5 Å². The molecule has 182 valence electrons. The number of carbonyl (C=O) groups is 1. The minimum atomic E-state index is -0.582. The Morgan fingerprint density at radius 1 is 1.03 bits per heavy atom. The SMILES string of the molecule is O=C(Nc1cc(-c2cccs2)nn1-c1nc2c(c(=O)[nH]1)CCC2)C1c2ccccc2Oc2ccccc21. The Bertz CT molecular complexity index is 1670. The van der Waals surface area contributed by atoms with Crippen molar-refractivity contribution in [2.45, 2.75) is 25.2 Å². The van der Waals surface area contributed by atoms with Gasteiger partial charge in [0.2, 0.25) is 11.9 Å². The number of aryl methyl sites for hydroxylation is 1. The molecule has 1 amide bonds. The summed E-state index contributed by atoms with van der Waals surface area (Å²) in [5.74, 6) is 1.21. The van der Waals surface area contributed by atoms with Gasteiger partial charge in [-0.3, -0.25) is 14.6 Å². The lowest BCUT2D eigenvalue weighted by molar-refractivity contribution is -0.116. The van der Waals surface area contributed by atoms with Crippen LogP contribution in [0.5, 0.6) is 11.5 Å². The molecule has 0 unspecified atom stereocenters. The second kappa shape index (κ2) is 8.56. The van der Waals surface area contributed by atoms with E-state index >= 15 is 0 Å². The largest absolute Gasteiger partial charge is 0.457 e. The summed E-state index contributed by atoms with van der Waals surface area (Å²) in [6, 6.07) is 20.8. The standard InChI is InChI=1S/C28H21N5O3S/c34-26-16-9-5-10-19(16)29-28(31-26)33-24(15-20(32-33)23-13-6-14-37-23)30-27(35)25-17-7-1-3-11-21(17)36-22-12-4-2-8-18(22)25/h1-4,6-8,11-15,25H,5,9-10H2,(H,30,35)(H,29,31,34). The molecule has 0 fully saturated rings. The van der Waals surface area contributed by atoms with Crippen LogP contribution in [0, 0.1) is 0 Å². The summed E-state index contributed by atoms with van der Waals surface area (Å²) in [4.78, 5) is 35.2. The number of fused-ring (bicyclic) bond motifs is 3. The first kappa shape index (κ1) is 21.8. The number of para-hydroxylation sites is 2. The van der Waals surface area contributed by atoms with Crippen LogP contribution in [0.1, 0.15) is 34.7 Å². The minimum absolute atomic E-state index is 0.157. The molecular weight excluding hydrogens is 486 g/mol. The highest BCUT2D eigenvalue weighted by molar-refractivity contribution is 7.13. The number of H-pyrrole nitrogens is 1. The average Bonchev–Trinajstić information content (AvgIpc) is 3.68. The number of hydrogen-bond donors (Lipinski definition) is 2. The number of hydrogen-bond acceptors (Lipinski definition) is 6. The number of rotatable bonds is 4. The van der Waals surface area contributed by atoms with Crippen molar-refractivity contribution in [3.05, 3.63) is 105 Å². The monoisotopic (exact) mass is 507 g/mol. The zero-order valence-corrected chi connectivity index (χ0v) is 20.4. The Kier molecular flexibility index (Phi) is 5.03. The van der Waals surface area contributed by atoms with Gasteiger partial charge in [0.15, 0.2) is 0 Å². The van der Waals surface area contributed by atoms with Gasteiger partial charge in [-0.25, -0.2) is 4.98 Å². The van der Waals surface area contributed by atoms with Gasteiger partial charge in [0.1, 0.15) is 23.0 Å². The minimum Gasteiger partial charge on any atom is -0.457 e. The number of amides is 1. The summed E-state index contributed by atoms with van der Waals surface area (Å²) in [6.45, 7) is 0. The van der Waals surface area contributed by atoms with Crippen LogP contribution in [0.2, 0.25) is 0 Å². The maximum Gasteiger partial charge on any atom is 0.255 e. The number of thiophene rings is 1. The van der Waals surface area contributed by atoms with Gasteiger partial charge in [-0.05, 0) is 42.8 Å². The van der Waals surface area contributed by atoms with Crippen molar-refractivity contribution >= 4 is 23.1 Å². The van der Waals surface area contributed by atoms with Gasteiger partial charge in [-0.1, -0.05) is 42.5 Å². The van der Waals surface area contributed by atoms with Crippen LogP contribution in [0.15, 0.2) is 76.9 Å². The third-order valence-corrected chi connectivity index (χ3v) is 7.70. The van der Waals surface area contributed by atoms with Gasteiger partial charge in [0, 0.05) is 22.8 Å². The Morgan fingerprint density at radius 3 is 2.51 bits per heavy atom. The third kappa shape index (κ3) is 3.66. The van der Waals surface area contributed by atoms with Gasteiger partial charge in [-0.2, -0.15) is 9.78 Å². The predicted octanol–water partition coefficient (Wildman–Crippen LogP) is 5.05. The zero-order chi connectivity index (χ0) is 24.9.